The lowest BCUT2D eigenvalue weighted by molar-refractivity contribution is 0.211. The Labute approximate surface area is 117 Å². The van der Waals surface area contributed by atoms with Crippen molar-refractivity contribution in [3.63, 3.8) is 0 Å². The largest absolute Gasteiger partial charge is 0.316 e. The monoisotopic (exact) mass is 289 g/mol. The van der Waals surface area contributed by atoms with Gasteiger partial charge in [-0.05, 0) is 57.8 Å². The molecule has 0 radical (unpaired) electrons. The topological polar surface area (TPSA) is 61.4 Å². The Morgan fingerprint density at radius 1 is 1.32 bits per heavy atom. The molecule has 0 amide bonds. The van der Waals surface area contributed by atoms with Gasteiger partial charge in [0.2, 0.25) is 10.0 Å². The molecule has 0 aromatic heterocycles. The number of likely N-dealkylation sites (N-methyl/N-ethyl adjacent to an activating group) is 1. The van der Waals surface area contributed by atoms with Gasteiger partial charge in [-0.25, -0.2) is 13.1 Å². The third kappa shape index (κ3) is 5.02. The first-order chi connectivity index (χ1) is 9.09. The number of rotatable bonds is 5. The molecule has 0 saturated carbocycles. The normalized spacial score (nSPS) is 30.4. The Bertz CT molecular complexity index is 366. The zero-order valence-corrected chi connectivity index (χ0v) is 12.7. The van der Waals surface area contributed by atoms with Crippen LogP contribution in [0.25, 0.3) is 0 Å². The molecule has 2 saturated heterocycles. The second kappa shape index (κ2) is 7.02. The molecular weight excluding hydrogens is 262 g/mol. The van der Waals surface area contributed by atoms with Gasteiger partial charge in [-0.1, -0.05) is 6.92 Å². The Kier molecular flexibility index (Phi) is 5.62. The minimum Gasteiger partial charge on any atom is -0.316 e. The minimum atomic E-state index is -3.13. The summed E-state index contributed by atoms with van der Waals surface area (Å²) in [4.78, 5) is 2.32. The zero-order valence-electron chi connectivity index (χ0n) is 11.9. The number of nitrogens with zero attached hydrogens (tertiary/aromatic N) is 1. The number of nitrogens with one attached hydrogen (secondary N) is 2. The molecule has 0 aliphatic carbocycles. The average molecular weight is 289 g/mol. The van der Waals surface area contributed by atoms with Crippen molar-refractivity contribution in [3.8, 4) is 0 Å². The van der Waals surface area contributed by atoms with Gasteiger partial charge in [-0.3, -0.25) is 0 Å². The summed E-state index contributed by atoms with van der Waals surface area (Å²) in [7, 11) is -3.13. The zero-order chi connectivity index (χ0) is 13.7. The van der Waals surface area contributed by atoms with Crippen LogP contribution in [0.3, 0.4) is 0 Å². The highest BCUT2D eigenvalue weighted by Crippen LogP contribution is 2.14. The van der Waals surface area contributed by atoms with Crippen LogP contribution in [0.5, 0.6) is 0 Å². The number of sulfonamides is 1. The molecule has 0 aromatic rings. The van der Waals surface area contributed by atoms with Crippen LogP contribution < -0.4 is 10.0 Å². The summed E-state index contributed by atoms with van der Waals surface area (Å²) in [5, 5.41) is 3.28. The minimum absolute atomic E-state index is 0.107. The fourth-order valence-electron chi connectivity index (χ4n) is 3.12. The number of piperidine rings is 2. The van der Waals surface area contributed by atoms with Gasteiger partial charge in [0.05, 0.1) is 5.75 Å². The molecule has 2 N–H and O–H groups in total. The molecule has 2 heterocycles. The predicted molar refractivity (Wildman–Crippen MR) is 77.7 cm³/mol. The molecule has 2 aliphatic heterocycles. The number of hydrogen-bond acceptors (Lipinski definition) is 4. The van der Waals surface area contributed by atoms with Crippen LogP contribution in [0.1, 0.15) is 32.6 Å². The van der Waals surface area contributed by atoms with E-state index in [-0.39, 0.29) is 17.7 Å². The van der Waals surface area contributed by atoms with Crippen LogP contribution >= 0.6 is 0 Å². The van der Waals surface area contributed by atoms with Crippen LogP contribution in [-0.4, -0.2) is 57.8 Å². The summed E-state index contributed by atoms with van der Waals surface area (Å²) in [5.41, 5.74) is 0. The highest BCUT2D eigenvalue weighted by atomic mass is 32.2. The van der Waals surface area contributed by atoms with Crippen molar-refractivity contribution in [2.45, 2.75) is 38.6 Å². The lowest BCUT2D eigenvalue weighted by Gasteiger charge is -2.32. The molecule has 2 atom stereocenters. The maximum atomic E-state index is 12.2. The summed E-state index contributed by atoms with van der Waals surface area (Å²) in [6.07, 6.45) is 4.18. The van der Waals surface area contributed by atoms with E-state index in [0.717, 1.165) is 58.4 Å². The highest BCUT2D eigenvalue weighted by molar-refractivity contribution is 7.89. The molecule has 2 unspecified atom stereocenters. The van der Waals surface area contributed by atoms with Gasteiger partial charge in [-0.2, -0.15) is 0 Å². The third-order valence-corrected chi connectivity index (χ3v) is 5.76. The van der Waals surface area contributed by atoms with E-state index in [4.69, 9.17) is 0 Å². The highest BCUT2D eigenvalue weighted by Gasteiger charge is 2.26. The number of hydrogen-bond donors (Lipinski definition) is 2. The van der Waals surface area contributed by atoms with E-state index >= 15 is 0 Å². The van der Waals surface area contributed by atoms with Crippen molar-refractivity contribution in [2.24, 2.45) is 5.92 Å². The lowest BCUT2D eigenvalue weighted by Crippen LogP contribution is -2.49. The summed E-state index contributed by atoms with van der Waals surface area (Å²) in [6.45, 7) is 6.96. The molecule has 2 fully saturated rings. The lowest BCUT2D eigenvalue weighted by atomic mass is 10.0. The third-order valence-electron chi connectivity index (χ3n) is 4.15. The van der Waals surface area contributed by atoms with Crippen LogP contribution in [0.4, 0.5) is 0 Å². The van der Waals surface area contributed by atoms with Crippen LogP contribution in [0, 0.1) is 5.92 Å². The molecule has 5 nitrogen and oxygen atoms in total. The van der Waals surface area contributed by atoms with Crippen molar-refractivity contribution < 1.29 is 8.42 Å². The fraction of sp³-hybridized carbons (Fsp3) is 1.00. The van der Waals surface area contributed by atoms with E-state index in [0.29, 0.717) is 0 Å². The Hall–Kier alpha value is -0.170. The molecule has 0 spiro atoms. The van der Waals surface area contributed by atoms with Crippen molar-refractivity contribution in [1.29, 1.82) is 0 Å². The van der Waals surface area contributed by atoms with E-state index < -0.39 is 10.0 Å². The van der Waals surface area contributed by atoms with E-state index in [9.17, 15) is 8.42 Å². The second-order valence-electron chi connectivity index (χ2n) is 5.84. The molecule has 0 bridgehead atoms. The first-order valence-corrected chi connectivity index (χ1v) is 9.17. The summed E-state index contributed by atoms with van der Waals surface area (Å²) >= 11 is 0. The summed E-state index contributed by atoms with van der Waals surface area (Å²) in [5.74, 6) is 0.555. The van der Waals surface area contributed by atoms with E-state index in [1.807, 2.05) is 0 Å². The Morgan fingerprint density at radius 2 is 2.16 bits per heavy atom. The van der Waals surface area contributed by atoms with Gasteiger partial charge < -0.3 is 10.2 Å². The predicted octanol–water partition coefficient (Wildman–Crippen LogP) is 0.390. The van der Waals surface area contributed by atoms with Gasteiger partial charge >= 0.3 is 0 Å². The van der Waals surface area contributed by atoms with Gasteiger partial charge in [0.25, 0.3) is 0 Å². The first-order valence-electron chi connectivity index (χ1n) is 7.52. The van der Waals surface area contributed by atoms with Crippen molar-refractivity contribution >= 4 is 10.0 Å². The summed E-state index contributed by atoms with van der Waals surface area (Å²) < 4.78 is 27.3. The Morgan fingerprint density at radius 3 is 2.84 bits per heavy atom. The van der Waals surface area contributed by atoms with Crippen LogP contribution in [-0.2, 0) is 10.0 Å². The fourth-order valence-corrected chi connectivity index (χ4v) is 4.82. The van der Waals surface area contributed by atoms with Crippen LogP contribution in [0.15, 0.2) is 0 Å². The standard InChI is InChI=1S/C13H27N3O2S/c1-2-16-8-4-6-13(10-16)15-19(17,18)11-12-5-3-7-14-9-12/h12-15H,2-11H2,1H3. The van der Waals surface area contributed by atoms with Crippen molar-refractivity contribution in [2.75, 3.05) is 38.5 Å². The Balaban J connectivity index is 1.82. The van der Waals surface area contributed by atoms with Crippen LogP contribution in [0.2, 0.25) is 0 Å². The SMILES string of the molecule is CCN1CCCC(NS(=O)(=O)CC2CCCNC2)C1. The second-order valence-corrected chi connectivity index (χ2v) is 7.64. The van der Waals surface area contributed by atoms with Gasteiger partial charge in [-0.15, -0.1) is 0 Å². The van der Waals surface area contributed by atoms with Gasteiger partial charge in [0.15, 0.2) is 0 Å². The van der Waals surface area contributed by atoms with E-state index in [1.54, 1.807) is 0 Å². The van der Waals surface area contributed by atoms with Crippen molar-refractivity contribution in [3.05, 3.63) is 0 Å². The molecule has 6 heteroatoms. The summed E-state index contributed by atoms with van der Waals surface area (Å²) in [6, 6.07) is 0.107. The smallest absolute Gasteiger partial charge is 0.212 e. The van der Waals surface area contributed by atoms with Crippen molar-refractivity contribution in [1.82, 2.24) is 14.9 Å². The van der Waals surface area contributed by atoms with Gasteiger partial charge in [0.1, 0.15) is 0 Å². The van der Waals surface area contributed by atoms with Gasteiger partial charge in [0, 0.05) is 12.6 Å². The average Bonchev–Trinajstić information content (AvgIpc) is 2.39. The maximum absolute atomic E-state index is 12.2. The van der Waals surface area contributed by atoms with E-state index in [1.165, 1.54) is 0 Å². The molecule has 19 heavy (non-hydrogen) atoms. The number of likely N-dealkylation sites (tertiary alicyclic amines) is 1. The maximum Gasteiger partial charge on any atom is 0.212 e. The molecule has 112 valence electrons. The van der Waals surface area contributed by atoms with E-state index in [2.05, 4.69) is 21.9 Å². The quantitative estimate of drug-likeness (QED) is 0.769. The molecular formula is C13H27N3O2S. The molecule has 2 aliphatic rings. The molecule has 0 aromatic carbocycles. The molecule has 2 rings (SSSR count). The first kappa shape index (κ1) is 15.2.